The van der Waals surface area contributed by atoms with Crippen LogP contribution in [0.25, 0.3) is 0 Å². The Bertz CT molecular complexity index is 230. The van der Waals surface area contributed by atoms with Gasteiger partial charge in [0.15, 0.2) is 8.32 Å². The molecular formula is C11H22O2Si. The summed E-state index contributed by atoms with van der Waals surface area (Å²) in [5, 5.41) is 9.93. The van der Waals surface area contributed by atoms with E-state index in [1.54, 1.807) is 0 Å². The highest BCUT2D eigenvalue weighted by atomic mass is 28.4. The van der Waals surface area contributed by atoms with Crippen LogP contribution in [0, 0.1) is 5.92 Å². The average Bonchev–Trinajstić information content (AvgIpc) is 1.95. The summed E-state index contributed by atoms with van der Waals surface area (Å²) in [5.41, 5.74) is 1.19. The molecule has 1 aliphatic carbocycles. The van der Waals surface area contributed by atoms with E-state index >= 15 is 0 Å². The third kappa shape index (κ3) is 3.22. The van der Waals surface area contributed by atoms with Crippen molar-refractivity contribution in [3.8, 4) is 0 Å². The van der Waals surface area contributed by atoms with Gasteiger partial charge < -0.3 is 9.53 Å². The van der Waals surface area contributed by atoms with Crippen molar-refractivity contribution >= 4 is 8.32 Å². The van der Waals surface area contributed by atoms with Crippen LogP contribution < -0.4 is 0 Å². The van der Waals surface area contributed by atoms with Gasteiger partial charge in [-0.25, -0.2) is 0 Å². The summed E-state index contributed by atoms with van der Waals surface area (Å²) in [4.78, 5) is 0. The van der Waals surface area contributed by atoms with Gasteiger partial charge in [-0.3, -0.25) is 0 Å². The van der Waals surface area contributed by atoms with Crippen LogP contribution in [0.5, 0.6) is 0 Å². The summed E-state index contributed by atoms with van der Waals surface area (Å²) in [7, 11) is -1.55. The zero-order valence-corrected chi connectivity index (χ0v) is 10.9. The van der Waals surface area contributed by atoms with E-state index in [4.69, 9.17) is 4.43 Å². The molecule has 2 nitrogen and oxygen atoms in total. The first-order valence-electron chi connectivity index (χ1n) is 5.34. The highest BCUT2D eigenvalue weighted by molar-refractivity contribution is 6.69. The Morgan fingerprint density at radius 2 is 2.00 bits per heavy atom. The quantitative estimate of drug-likeness (QED) is 0.565. The maximum absolute atomic E-state index is 9.93. The molecule has 3 atom stereocenters. The minimum absolute atomic E-state index is 0.0575. The van der Waals surface area contributed by atoms with Gasteiger partial charge >= 0.3 is 0 Å². The smallest absolute Gasteiger partial charge is 0.184 e. The second kappa shape index (κ2) is 4.17. The number of hydrogen-bond donors (Lipinski definition) is 1. The van der Waals surface area contributed by atoms with Crippen LogP contribution in [-0.4, -0.2) is 25.6 Å². The van der Waals surface area contributed by atoms with Gasteiger partial charge in [-0.05, 0) is 44.5 Å². The number of allylic oxidation sites excluding steroid dienone is 1. The van der Waals surface area contributed by atoms with Crippen molar-refractivity contribution < 1.29 is 9.53 Å². The molecule has 82 valence electrons. The van der Waals surface area contributed by atoms with Crippen LogP contribution in [-0.2, 0) is 4.43 Å². The van der Waals surface area contributed by atoms with Crippen molar-refractivity contribution in [2.75, 3.05) is 0 Å². The zero-order valence-electron chi connectivity index (χ0n) is 9.87. The minimum Gasteiger partial charge on any atom is -0.408 e. The molecule has 1 unspecified atom stereocenters. The van der Waals surface area contributed by atoms with Crippen molar-refractivity contribution in [1.29, 1.82) is 0 Å². The van der Waals surface area contributed by atoms with Crippen molar-refractivity contribution in [2.24, 2.45) is 5.92 Å². The van der Waals surface area contributed by atoms with E-state index in [0.717, 1.165) is 6.42 Å². The Labute approximate surface area is 88.1 Å². The summed E-state index contributed by atoms with van der Waals surface area (Å²) >= 11 is 0. The van der Waals surface area contributed by atoms with Crippen LogP contribution in [0.3, 0.4) is 0 Å². The normalized spacial score (nSPS) is 34.1. The fourth-order valence-corrected chi connectivity index (χ4v) is 3.08. The van der Waals surface area contributed by atoms with Crippen LogP contribution in [0.1, 0.15) is 20.3 Å². The first-order valence-corrected chi connectivity index (χ1v) is 8.74. The highest BCUT2D eigenvalue weighted by Gasteiger charge is 2.31. The van der Waals surface area contributed by atoms with Gasteiger partial charge in [0.25, 0.3) is 0 Å². The number of hydrogen-bond acceptors (Lipinski definition) is 2. The van der Waals surface area contributed by atoms with Gasteiger partial charge in [0, 0.05) is 0 Å². The fraction of sp³-hybridized carbons (Fsp3) is 0.818. The van der Waals surface area contributed by atoms with E-state index in [9.17, 15) is 5.11 Å². The van der Waals surface area contributed by atoms with Crippen molar-refractivity contribution in [3.63, 3.8) is 0 Å². The topological polar surface area (TPSA) is 29.5 Å². The maximum Gasteiger partial charge on any atom is 0.184 e. The predicted octanol–water partition coefficient (Wildman–Crippen LogP) is 2.55. The second-order valence-electron chi connectivity index (χ2n) is 5.34. The first-order chi connectivity index (χ1) is 6.29. The second-order valence-corrected chi connectivity index (χ2v) is 9.80. The number of aliphatic hydroxyl groups is 1. The monoisotopic (exact) mass is 214 g/mol. The molecule has 3 heteroatoms. The SMILES string of the molecule is CC1=C[C@H](C)C[C@@H](O)C1O[Si](C)(C)C. The van der Waals surface area contributed by atoms with E-state index in [2.05, 4.69) is 39.6 Å². The maximum atomic E-state index is 9.93. The third-order valence-electron chi connectivity index (χ3n) is 2.44. The lowest BCUT2D eigenvalue weighted by molar-refractivity contribution is 0.0333. The standard InChI is InChI=1S/C11H22O2Si/c1-8-6-9(2)11(10(12)7-8)13-14(3,4)5/h6,8,10-12H,7H2,1-5H3/t8-,10+,11?/m0/s1. The van der Waals surface area contributed by atoms with E-state index < -0.39 is 8.32 Å². The molecule has 0 saturated carbocycles. The van der Waals surface area contributed by atoms with E-state index in [1.165, 1.54) is 5.57 Å². The van der Waals surface area contributed by atoms with Gasteiger partial charge in [-0.1, -0.05) is 13.0 Å². The molecular weight excluding hydrogens is 192 g/mol. The lowest BCUT2D eigenvalue weighted by atomic mass is 9.88. The number of aliphatic hydroxyl groups excluding tert-OH is 1. The van der Waals surface area contributed by atoms with Crippen molar-refractivity contribution in [2.45, 2.75) is 52.1 Å². The summed E-state index contributed by atoms with van der Waals surface area (Å²) in [6.07, 6.45) is 2.67. The molecule has 1 aliphatic rings. The van der Waals surface area contributed by atoms with Gasteiger partial charge in [-0.15, -0.1) is 0 Å². The molecule has 0 amide bonds. The lowest BCUT2D eigenvalue weighted by Gasteiger charge is -2.35. The molecule has 0 aromatic carbocycles. The Kier molecular flexibility index (Phi) is 3.56. The van der Waals surface area contributed by atoms with Crippen LogP contribution in [0.2, 0.25) is 19.6 Å². The van der Waals surface area contributed by atoms with Gasteiger partial charge in [0.05, 0.1) is 12.2 Å². The molecule has 0 bridgehead atoms. The summed E-state index contributed by atoms with van der Waals surface area (Å²) < 4.78 is 5.97. The molecule has 14 heavy (non-hydrogen) atoms. The van der Waals surface area contributed by atoms with E-state index in [-0.39, 0.29) is 12.2 Å². The Morgan fingerprint density at radius 1 is 1.43 bits per heavy atom. The molecule has 0 radical (unpaired) electrons. The van der Waals surface area contributed by atoms with Crippen LogP contribution in [0.4, 0.5) is 0 Å². The molecule has 0 heterocycles. The van der Waals surface area contributed by atoms with Gasteiger partial charge in [-0.2, -0.15) is 0 Å². The van der Waals surface area contributed by atoms with E-state index in [0.29, 0.717) is 5.92 Å². The summed E-state index contributed by atoms with van der Waals surface area (Å²) in [6, 6.07) is 0. The molecule has 0 aromatic heterocycles. The lowest BCUT2D eigenvalue weighted by Crippen LogP contribution is -2.42. The molecule has 0 saturated heterocycles. The van der Waals surface area contributed by atoms with E-state index in [1.807, 2.05) is 0 Å². The van der Waals surface area contributed by atoms with Gasteiger partial charge in [0.2, 0.25) is 0 Å². The predicted molar refractivity (Wildman–Crippen MR) is 61.8 cm³/mol. The molecule has 0 aromatic rings. The zero-order chi connectivity index (χ0) is 10.9. The average molecular weight is 214 g/mol. The molecule has 1 rings (SSSR count). The first kappa shape index (κ1) is 11.9. The Hall–Kier alpha value is -0.123. The molecule has 0 fully saturated rings. The summed E-state index contributed by atoms with van der Waals surface area (Å²) in [5.74, 6) is 0.478. The largest absolute Gasteiger partial charge is 0.408 e. The van der Waals surface area contributed by atoms with Crippen LogP contribution in [0.15, 0.2) is 11.6 Å². The summed E-state index contributed by atoms with van der Waals surface area (Å²) in [6.45, 7) is 10.7. The fourth-order valence-electron chi connectivity index (χ4n) is 1.97. The van der Waals surface area contributed by atoms with Gasteiger partial charge in [0.1, 0.15) is 0 Å². The highest BCUT2D eigenvalue weighted by Crippen LogP contribution is 2.27. The Morgan fingerprint density at radius 3 is 2.43 bits per heavy atom. The van der Waals surface area contributed by atoms with Crippen molar-refractivity contribution in [1.82, 2.24) is 0 Å². The molecule has 0 aliphatic heterocycles. The Balaban J connectivity index is 2.72. The van der Waals surface area contributed by atoms with Crippen LogP contribution >= 0.6 is 0 Å². The third-order valence-corrected chi connectivity index (χ3v) is 3.40. The number of rotatable bonds is 2. The van der Waals surface area contributed by atoms with Crippen molar-refractivity contribution in [3.05, 3.63) is 11.6 Å². The molecule has 0 spiro atoms. The minimum atomic E-state index is -1.55. The molecule has 1 N–H and O–H groups in total.